The van der Waals surface area contributed by atoms with Crippen LogP contribution in [0, 0.1) is 5.41 Å². The highest BCUT2D eigenvalue weighted by molar-refractivity contribution is 6.74. The van der Waals surface area contributed by atoms with Gasteiger partial charge in [0.25, 0.3) is 0 Å². The van der Waals surface area contributed by atoms with E-state index in [9.17, 15) is 10.2 Å². The van der Waals surface area contributed by atoms with Crippen LogP contribution in [0.15, 0.2) is 0 Å². The molecule has 0 bridgehead atoms. The zero-order valence-corrected chi connectivity index (χ0v) is 18.8. The topological polar surface area (TPSA) is 56.2 Å². The molecule has 2 fully saturated rings. The summed E-state index contributed by atoms with van der Waals surface area (Å²) in [5, 5.41) is 19.1. The second-order valence-corrected chi connectivity index (χ2v) is 14.9. The first kappa shape index (κ1) is 22.3. The van der Waals surface area contributed by atoms with E-state index in [1.165, 1.54) is 38.9 Å². The van der Waals surface area contributed by atoms with Gasteiger partial charge in [-0.25, -0.2) is 0 Å². The Morgan fingerprint density at radius 1 is 1.04 bits per heavy atom. The van der Waals surface area contributed by atoms with Gasteiger partial charge in [0.05, 0.1) is 19.3 Å². The predicted octanol–water partition coefficient (Wildman–Crippen LogP) is 2.54. The van der Waals surface area contributed by atoms with E-state index in [4.69, 9.17) is 4.43 Å². The van der Waals surface area contributed by atoms with Crippen LogP contribution in [-0.4, -0.2) is 86.9 Å². The Morgan fingerprint density at radius 3 is 2.31 bits per heavy atom. The van der Waals surface area contributed by atoms with Gasteiger partial charge in [0, 0.05) is 19.7 Å². The third-order valence-corrected chi connectivity index (χ3v) is 11.6. The molecule has 2 rings (SSSR count). The lowest BCUT2D eigenvalue weighted by molar-refractivity contribution is 0.0817. The maximum atomic E-state index is 9.42. The fourth-order valence-electron chi connectivity index (χ4n) is 4.10. The first-order chi connectivity index (χ1) is 12.1. The molecule has 2 aliphatic heterocycles. The highest BCUT2D eigenvalue weighted by Gasteiger charge is 2.44. The van der Waals surface area contributed by atoms with Gasteiger partial charge in [-0.3, -0.25) is 4.90 Å². The molecule has 2 aliphatic rings. The number of aliphatic hydroxyl groups excluding tert-OH is 2. The average Bonchev–Trinajstić information content (AvgIpc) is 3.15. The molecule has 0 aromatic heterocycles. The Hall–Kier alpha value is 0.0169. The second kappa shape index (κ2) is 9.01. The van der Waals surface area contributed by atoms with Crippen molar-refractivity contribution in [3.8, 4) is 0 Å². The molecule has 26 heavy (non-hydrogen) atoms. The van der Waals surface area contributed by atoms with Crippen molar-refractivity contribution >= 4 is 8.32 Å². The van der Waals surface area contributed by atoms with Gasteiger partial charge >= 0.3 is 0 Å². The third kappa shape index (κ3) is 5.52. The van der Waals surface area contributed by atoms with E-state index in [0.717, 1.165) is 26.1 Å². The van der Waals surface area contributed by atoms with E-state index in [0.29, 0.717) is 10.5 Å². The van der Waals surface area contributed by atoms with Crippen LogP contribution in [0.2, 0.25) is 18.1 Å². The zero-order chi connectivity index (χ0) is 19.4. The monoisotopic (exact) mass is 386 g/mol. The van der Waals surface area contributed by atoms with Gasteiger partial charge in [0.2, 0.25) is 0 Å². The smallest absolute Gasteiger partial charge is 0.191 e. The van der Waals surface area contributed by atoms with Crippen molar-refractivity contribution < 1.29 is 14.6 Å². The minimum Gasteiger partial charge on any atom is -0.417 e. The SMILES string of the molecule is CC(C)(C)[Si](C)(C)OCCCCN1CCC2(CCN(C(CO)CO)C2)C1. The summed E-state index contributed by atoms with van der Waals surface area (Å²) in [7, 11) is -1.60. The van der Waals surface area contributed by atoms with Crippen LogP contribution in [-0.2, 0) is 4.43 Å². The first-order valence-electron chi connectivity index (χ1n) is 10.4. The van der Waals surface area contributed by atoms with Gasteiger partial charge < -0.3 is 19.5 Å². The number of aliphatic hydroxyl groups is 2. The molecule has 2 saturated heterocycles. The van der Waals surface area contributed by atoms with Crippen LogP contribution in [0.1, 0.15) is 46.5 Å². The summed E-state index contributed by atoms with van der Waals surface area (Å²) >= 11 is 0. The van der Waals surface area contributed by atoms with E-state index < -0.39 is 8.32 Å². The highest BCUT2D eigenvalue weighted by Crippen LogP contribution is 2.40. The molecule has 0 aliphatic carbocycles. The molecule has 1 atom stereocenters. The molecule has 2 N–H and O–H groups in total. The van der Waals surface area contributed by atoms with Gasteiger partial charge in [0.15, 0.2) is 8.32 Å². The molecule has 1 unspecified atom stereocenters. The van der Waals surface area contributed by atoms with Crippen LogP contribution < -0.4 is 0 Å². The van der Waals surface area contributed by atoms with E-state index in [2.05, 4.69) is 43.7 Å². The van der Waals surface area contributed by atoms with Gasteiger partial charge in [-0.1, -0.05) is 20.8 Å². The lowest BCUT2D eigenvalue weighted by atomic mass is 9.86. The van der Waals surface area contributed by atoms with Crippen molar-refractivity contribution in [2.45, 2.75) is 70.6 Å². The lowest BCUT2D eigenvalue weighted by Gasteiger charge is -2.36. The Morgan fingerprint density at radius 2 is 1.69 bits per heavy atom. The first-order valence-corrected chi connectivity index (χ1v) is 13.4. The van der Waals surface area contributed by atoms with Crippen molar-refractivity contribution in [3.63, 3.8) is 0 Å². The molecule has 5 nitrogen and oxygen atoms in total. The molecule has 2 heterocycles. The fraction of sp³-hybridized carbons (Fsp3) is 1.00. The standard InChI is InChI=1S/C20H42N2O3Si/c1-19(2,3)26(4,5)25-13-7-6-10-21-11-8-20(16-21)9-12-22(17-20)18(14-23)15-24/h18,23-24H,6-17H2,1-5H3. The molecule has 154 valence electrons. The van der Waals surface area contributed by atoms with E-state index >= 15 is 0 Å². The van der Waals surface area contributed by atoms with Crippen LogP contribution in [0.4, 0.5) is 0 Å². The molecular formula is C20H42N2O3Si. The Labute approximate surface area is 161 Å². The second-order valence-electron chi connectivity index (χ2n) is 10.1. The normalized spacial score (nSPS) is 25.8. The predicted molar refractivity (Wildman–Crippen MR) is 110 cm³/mol. The maximum absolute atomic E-state index is 9.42. The van der Waals surface area contributed by atoms with Crippen molar-refractivity contribution in [1.29, 1.82) is 0 Å². The molecule has 0 radical (unpaired) electrons. The third-order valence-electron chi connectivity index (χ3n) is 7.06. The van der Waals surface area contributed by atoms with Crippen LogP contribution in [0.5, 0.6) is 0 Å². The molecule has 0 amide bonds. The highest BCUT2D eigenvalue weighted by atomic mass is 28.4. The van der Waals surface area contributed by atoms with Gasteiger partial charge in [0.1, 0.15) is 0 Å². The van der Waals surface area contributed by atoms with Crippen molar-refractivity contribution in [1.82, 2.24) is 9.80 Å². The minimum absolute atomic E-state index is 0.0600. The summed E-state index contributed by atoms with van der Waals surface area (Å²) in [6.07, 6.45) is 4.82. The summed E-state index contributed by atoms with van der Waals surface area (Å²) in [5.41, 5.74) is 0.389. The summed E-state index contributed by atoms with van der Waals surface area (Å²) < 4.78 is 6.28. The summed E-state index contributed by atoms with van der Waals surface area (Å²) in [6, 6.07) is -0.0732. The van der Waals surface area contributed by atoms with E-state index in [1.807, 2.05) is 0 Å². The molecule has 0 aromatic carbocycles. The van der Waals surface area contributed by atoms with E-state index in [1.54, 1.807) is 0 Å². The van der Waals surface area contributed by atoms with Crippen LogP contribution in [0.25, 0.3) is 0 Å². The quantitative estimate of drug-likeness (QED) is 0.471. The fourth-order valence-corrected chi connectivity index (χ4v) is 5.19. The zero-order valence-electron chi connectivity index (χ0n) is 17.8. The summed E-state index contributed by atoms with van der Waals surface area (Å²) in [5.74, 6) is 0. The number of unbranched alkanes of at least 4 members (excludes halogenated alkanes) is 1. The van der Waals surface area contributed by atoms with Crippen molar-refractivity contribution in [2.24, 2.45) is 5.41 Å². The van der Waals surface area contributed by atoms with Crippen LogP contribution in [0.3, 0.4) is 0 Å². The average molecular weight is 387 g/mol. The minimum atomic E-state index is -1.60. The Balaban J connectivity index is 1.66. The van der Waals surface area contributed by atoms with E-state index in [-0.39, 0.29) is 19.3 Å². The summed E-state index contributed by atoms with van der Waals surface area (Å²) in [4.78, 5) is 4.90. The van der Waals surface area contributed by atoms with Gasteiger partial charge in [-0.05, 0) is 68.9 Å². The lowest BCUT2D eigenvalue weighted by Crippen LogP contribution is -2.41. The Kier molecular flexibility index (Phi) is 7.73. The Bertz CT molecular complexity index is 437. The molecule has 0 saturated carbocycles. The van der Waals surface area contributed by atoms with Crippen molar-refractivity contribution in [3.05, 3.63) is 0 Å². The number of likely N-dealkylation sites (tertiary alicyclic amines) is 2. The van der Waals surface area contributed by atoms with Crippen molar-refractivity contribution in [2.75, 3.05) is 52.5 Å². The molecule has 6 heteroatoms. The van der Waals surface area contributed by atoms with Gasteiger partial charge in [-0.15, -0.1) is 0 Å². The number of hydrogen-bond donors (Lipinski definition) is 2. The largest absolute Gasteiger partial charge is 0.417 e. The molecule has 0 aromatic rings. The maximum Gasteiger partial charge on any atom is 0.191 e. The molecule has 1 spiro atoms. The van der Waals surface area contributed by atoms with Gasteiger partial charge in [-0.2, -0.15) is 0 Å². The number of nitrogens with zero attached hydrogens (tertiary/aromatic N) is 2. The van der Waals surface area contributed by atoms with Crippen LogP contribution >= 0.6 is 0 Å². The number of hydrogen-bond acceptors (Lipinski definition) is 5. The molecular weight excluding hydrogens is 344 g/mol. The summed E-state index contributed by atoms with van der Waals surface area (Å²) in [6.45, 7) is 18.2. The number of rotatable bonds is 9.